The summed E-state index contributed by atoms with van der Waals surface area (Å²) in [6.45, 7) is 5.50. The molecular formula is C14H18N4OS. The van der Waals surface area contributed by atoms with Crippen LogP contribution in [0.2, 0.25) is 0 Å². The van der Waals surface area contributed by atoms with Crippen molar-refractivity contribution in [1.29, 1.82) is 0 Å². The first-order valence-corrected chi connectivity index (χ1v) is 7.77. The molecule has 0 atom stereocenters. The van der Waals surface area contributed by atoms with Crippen LogP contribution in [0.25, 0.3) is 0 Å². The van der Waals surface area contributed by atoms with Gasteiger partial charge in [-0.3, -0.25) is 9.69 Å². The Morgan fingerprint density at radius 3 is 2.75 bits per heavy atom. The van der Waals surface area contributed by atoms with E-state index in [0.717, 1.165) is 44.8 Å². The lowest BCUT2D eigenvalue weighted by Gasteiger charge is -2.34. The number of aromatic nitrogens is 2. The van der Waals surface area contributed by atoms with Crippen molar-refractivity contribution in [2.75, 3.05) is 32.7 Å². The van der Waals surface area contributed by atoms with E-state index in [4.69, 9.17) is 0 Å². The highest BCUT2D eigenvalue weighted by Gasteiger charge is 2.21. The second-order valence-electron chi connectivity index (χ2n) is 4.95. The smallest absolute Gasteiger partial charge is 0.254 e. The first kappa shape index (κ1) is 13.3. The molecule has 0 unspecified atom stereocenters. The molecule has 1 amide bonds. The maximum absolute atomic E-state index is 12.2. The summed E-state index contributed by atoms with van der Waals surface area (Å²) in [6, 6.07) is 1.90. The predicted octanol–water partition coefficient (Wildman–Crippen LogP) is 1.40. The average Bonchev–Trinajstić information content (AvgIpc) is 3.18. The second kappa shape index (κ2) is 6.19. The van der Waals surface area contributed by atoms with E-state index >= 15 is 0 Å². The molecule has 0 N–H and O–H groups in total. The van der Waals surface area contributed by atoms with Crippen molar-refractivity contribution in [1.82, 2.24) is 19.4 Å². The number of nitrogens with zero attached hydrogens (tertiary/aromatic N) is 4. The monoisotopic (exact) mass is 290 g/mol. The van der Waals surface area contributed by atoms with Crippen LogP contribution < -0.4 is 0 Å². The molecule has 3 heterocycles. The van der Waals surface area contributed by atoms with Crippen molar-refractivity contribution in [2.45, 2.75) is 6.54 Å². The van der Waals surface area contributed by atoms with Crippen LogP contribution in [-0.2, 0) is 6.54 Å². The number of carbonyl (C=O) groups excluding carboxylic acids is 1. The van der Waals surface area contributed by atoms with Gasteiger partial charge in [-0.15, -0.1) is 0 Å². The van der Waals surface area contributed by atoms with Gasteiger partial charge in [-0.1, -0.05) is 0 Å². The molecule has 0 aliphatic carbocycles. The SMILES string of the molecule is O=C(c1ccsc1)N1CCN(CCn2ccnc2)CC1. The molecule has 0 saturated carbocycles. The van der Waals surface area contributed by atoms with Gasteiger partial charge in [-0.2, -0.15) is 11.3 Å². The Morgan fingerprint density at radius 2 is 2.10 bits per heavy atom. The zero-order valence-corrected chi connectivity index (χ0v) is 12.1. The Balaban J connectivity index is 1.46. The third-order valence-electron chi connectivity index (χ3n) is 3.66. The van der Waals surface area contributed by atoms with E-state index in [1.54, 1.807) is 17.5 Å². The first-order valence-electron chi connectivity index (χ1n) is 6.82. The molecule has 6 heteroatoms. The fourth-order valence-corrected chi connectivity index (χ4v) is 3.05. The van der Waals surface area contributed by atoms with Crippen molar-refractivity contribution < 1.29 is 4.79 Å². The van der Waals surface area contributed by atoms with Crippen LogP contribution in [0, 0.1) is 0 Å². The maximum Gasteiger partial charge on any atom is 0.254 e. The fourth-order valence-electron chi connectivity index (χ4n) is 2.42. The highest BCUT2D eigenvalue weighted by molar-refractivity contribution is 7.08. The van der Waals surface area contributed by atoms with E-state index in [1.807, 2.05) is 34.3 Å². The lowest BCUT2D eigenvalue weighted by molar-refractivity contribution is 0.0634. The van der Waals surface area contributed by atoms with E-state index in [1.165, 1.54) is 0 Å². The molecule has 0 radical (unpaired) electrons. The normalized spacial score (nSPS) is 16.5. The fraction of sp³-hybridized carbons (Fsp3) is 0.429. The molecule has 1 aliphatic rings. The van der Waals surface area contributed by atoms with Crippen molar-refractivity contribution in [2.24, 2.45) is 0 Å². The summed E-state index contributed by atoms with van der Waals surface area (Å²) < 4.78 is 2.09. The van der Waals surface area contributed by atoms with Crippen molar-refractivity contribution in [3.05, 3.63) is 41.1 Å². The lowest BCUT2D eigenvalue weighted by Crippen LogP contribution is -2.49. The third-order valence-corrected chi connectivity index (χ3v) is 4.34. The molecule has 1 fully saturated rings. The van der Waals surface area contributed by atoms with E-state index in [0.29, 0.717) is 0 Å². The number of carbonyl (C=O) groups is 1. The van der Waals surface area contributed by atoms with Crippen molar-refractivity contribution in [3.8, 4) is 0 Å². The summed E-state index contributed by atoms with van der Waals surface area (Å²) in [5.41, 5.74) is 0.821. The molecule has 0 spiro atoms. The molecule has 3 rings (SSSR count). The number of hydrogen-bond acceptors (Lipinski definition) is 4. The van der Waals surface area contributed by atoms with Crippen molar-refractivity contribution in [3.63, 3.8) is 0 Å². The summed E-state index contributed by atoms with van der Waals surface area (Å²) in [6.07, 6.45) is 5.63. The molecule has 2 aromatic heterocycles. The number of imidazole rings is 1. The summed E-state index contributed by atoms with van der Waals surface area (Å²) in [4.78, 5) is 20.6. The number of thiophene rings is 1. The van der Waals surface area contributed by atoms with Gasteiger partial charge >= 0.3 is 0 Å². The Bertz CT molecular complexity index is 530. The van der Waals surface area contributed by atoms with E-state index in [9.17, 15) is 4.79 Å². The van der Waals surface area contributed by atoms with Crippen LogP contribution in [0.15, 0.2) is 35.5 Å². The average molecular weight is 290 g/mol. The molecular weight excluding hydrogens is 272 g/mol. The van der Waals surface area contributed by atoms with E-state index in [2.05, 4.69) is 14.5 Å². The standard InChI is InChI=1S/C14H18N4OS/c19-14(13-1-10-20-11-13)18-8-6-16(7-9-18)4-5-17-3-2-15-12-17/h1-3,10-12H,4-9H2. The topological polar surface area (TPSA) is 41.4 Å². The van der Waals surface area contributed by atoms with Crippen LogP contribution in [-0.4, -0.2) is 58.0 Å². The first-order chi connectivity index (χ1) is 9.83. The Labute approximate surface area is 122 Å². The molecule has 20 heavy (non-hydrogen) atoms. The Hall–Kier alpha value is -1.66. The molecule has 2 aromatic rings. The largest absolute Gasteiger partial charge is 0.336 e. The molecule has 0 aromatic carbocycles. The van der Waals surface area contributed by atoms with Gasteiger partial charge in [-0.25, -0.2) is 4.98 Å². The molecule has 0 bridgehead atoms. The second-order valence-corrected chi connectivity index (χ2v) is 5.73. The quantitative estimate of drug-likeness (QED) is 0.855. The minimum Gasteiger partial charge on any atom is -0.336 e. The van der Waals surface area contributed by atoms with Gasteiger partial charge in [0.25, 0.3) is 5.91 Å². The van der Waals surface area contributed by atoms with Crippen LogP contribution in [0.1, 0.15) is 10.4 Å². The lowest BCUT2D eigenvalue weighted by atomic mass is 10.2. The molecule has 1 aliphatic heterocycles. The van der Waals surface area contributed by atoms with E-state index < -0.39 is 0 Å². The van der Waals surface area contributed by atoms with Crippen LogP contribution in [0.4, 0.5) is 0 Å². The predicted molar refractivity (Wildman–Crippen MR) is 78.9 cm³/mol. The van der Waals surface area contributed by atoms with Gasteiger partial charge in [-0.05, 0) is 11.4 Å². The van der Waals surface area contributed by atoms with Gasteiger partial charge in [0, 0.05) is 57.0 Å². The summed E-state index contributed by atoms with van der Waals surface area (Å²) in [5.74, 6) is 0.167. The Morgan fingerprint density at radius 1 is 1.25 bits per heavy atom. The van der Waals surface area contributed by atoms with Gasteiger partial charge in [0.05, 0.1) is 11.9 Å². The maximum atomic E-state index is 12.2. The summed E-state index contributed by atoms with van der Waals surface area (Å²) in [5, 5.41) is 3.88. The summed E-state index contributed by atoms with van der Waals surface area (Å²) >= 11 is 1.57. The van der Waals surface area contributed by atoms with Crippen molar-refractivity contribution >= 4 is 17.2 Å². The highest BCUT2D eigenvalue weighted by Crippen LogP contribution is 2.11. The zero-order valence-electron chi connectivity index (χ0n) is 11.3. The third kappa shape index (κ3) is 3.08. The van der Waals surface area contributed by atoms with Gasteiger partial charge in [0.15, 0.2) is 0 Å². The number of piperazine rings is 1. The minimum absolute atomic E-state index is 0.167. The van der Waals surface area contributed by atoms with Gasteiger partial charge in [0.2, 0.25) is 0 Å². The van der Waals surface area contributed by atoms with Crippen LogP contribution >= 0.6 is 11.3 Å². The number of hydrogen-bond donors (Lipinski definition) is 0. The van der Waals surface area contributed by atoms with E-state index in [-0.39, 0.29) is 5.91 Å². The summed E-state index contributed by atoms with van der Waals surface area (Å²) in [7, 11) is 0. The minimum atomic E-state index is 0.167. The van der Waals surface area contributed by atoms with Gasteiger partial charge in [0.1, 0.15) is 0 Å². The Kier molecular flexibility index (Phi) is 4.13. The highest BCUT2D eigenvalue weighted by atomic mass is 32.1. The number of amides is 1. The molecule has 106 valence electrons. The van der Waals surface area contributed by atoms with Gasteiger partial charge < -0.3 is 9.47 Å². The number of rotatable bonds is 4. The van der Waals surface area contributed by atoms with Crippen LogP contribution in [0.5, 0.6) is 0 Å². The van der Waals surface area contributed by atoms with Crippen LogP contribution in [0.3, 0.4) is 0 Å². The molecule has 5 nitrogen and oxygen atoms in total. The zero-order chi connectivity index (χ0) is 13.8. The molecule has 1 saturated heterocycles.